The molecule has 1 unspecified atom stereocenters. The lowest BCUT2D eigenvalue weighted by Gasteiger charge is -2.31. The predicted molar refractivity (Wildman–Crippen MR) is 83.9 cm³/mol. The predicted octanol–water partition coefficient (Wildman–Crippen LogP) is 3.94. The summed E-state index contributed by atoms with van der Waals surface area (Å²) >= 11 is 7.36. The standard InChI is InChI=1S/C15H22ClNOS/c1-15(2,3)13(9-10-16)17-14(18)11-19-12-7-5-4-6-8-12/h4-8,13H,9-11H2,1-3H3,(H,17,18). The Kier molecular flexibility index (Phi) is 6.73. The second kappa shape index (κ2) is 7.81. The van der Waals surface area contributed by atoms with Crippen LogP contribution in [0, 0.1) is 5.41 Å². The van der Waals surface area contributed by atoms with E-state index < -0.39 is 0 Å². The van der Waals surface area contributed by atoms with Crippen molar-refractivity contribution in [3.63, 3.8) is 0 Å². The Morgan fingerprint density at radius 2 is 1.95 bits per heavy atom. The zero-order valence-electron chi connectivity index (χ0n) is 11.8. The van der Waals surface area contributed by atoms with E-state index in [4.69, 9.17) is 11.6 Å². The lowest BCUT2D eigenvalue weighted by atomic mass is 9.85. The highest BCUT2D eigenvalue weighted by molar-refractivity contribution is 8.00. The van der Waals surface area contributed by atoms with Crippen LogP contribution in [0.5, 0.6) is 0 Å². The normalized spacial score (nSPS) is 13.1. The SMILES string of the molecule is CC(C)(C)C(CCCl)NC(=O)CSc1ccccc1. The molecule has 4 heteroatoms. The van der Waals surface area contributed by atoms with Crippen LogP contribution in [0.1, 0.15) is 27.2 Å². The monoisotopic (exact) mass is 299 g/mol. The molecule has 2 nitrogen and oxygen atoms in total. The van der Waals surface area contributed by atoms with Crippen molar-refractivity contribution in [1.82, 2.24) is 5.32 Å². The Balaban J connectivity index is 2.45. The maximum absolute atomic E-state index is 12.0. The lowest BCUT2D eigenvalue weighted by molar-refractivity contribution is -0.120. The molecule has 106 valence electrons. The second-order valence-electron chi connectivity index (χ2n) is 5.57. The minimum atomic E-state index is 0.0297. The molecule has 1 N–H and O–H groups in total. The van der Waals surface area contributed by atoms with Gasteiger partial charge in [-0.25, -0.2) is 0 Å². The molecule has 1 amide bonds. The van der Waals surface area contributed by atoms with Crippen molar-refractivity contribution in [3.05, 3.63) is 30.3 Å². The summed E-state index contributed by atoms with van der Waals surface area (Å²) in [6, 6.07) is 10.1. The fourth-order valence-electron chi connectivity index (χ4n) is 1.73. The highest BCUT2D eigenvalue weighted by Crippen LogP contribution is 2.23. The first kappa shape index (κ1) is 16.4. The zero-order valence-corrected chi connectivity index (χ0v) is 13.4. The van der Waals surface area contributed by atoms with E-state index in [1.165, 1.54) is 0 Å². The second-order valence-corrected chi connectivity index (χ2v) is 6.99. The number of carbonyl (C=O) groups is 1. The Morgan fingerprint density at radius 3 is 2.47 bits per heavy atom. The molecule has 0 aliphatic rings. The van der Waals surface area contributed by atoms with Gasteiger partial charge in [0.25, 0.3) is 0 Å². The first-order valence-electron chi connectivity index (χ1n) is 6.46. The van der Waals surface area contributed by atoms with E-state index in [1.807, 2.05) is 30.3 Å². The van der Waals surface area contributed by atoms with Crippen LogP contribution >= 0.6 is 23.4 Å². The van der Waals surface area contributed by atoms with Crippen LogP contribution in [0.15, 0.2) is 35.2 Å². The van der Waals surface area contributed by atoms with Crippen molar-refractivity contribution in [2.45, 2.75) is 38.1 Å². The van der Waals surface area contributed by atoms with Gasteiger partial charge in [0.05, 0.1) is 5.75 Å². The van der Waals surface area contributed by atoms with Gasteiger partial charge in [0.15, 0.2) is 0 Å². The summed E-state index contributed by atoms with van der Waals surface area (Å²) in [5.41, 5.74) is 0.0297. The number of amides is 1. The Hall–Kier alpha value is -0.670. The number of hydrogen-bond acceptors (Lipinski definition) is 2. The third-order valence-electron chi connectivity index (χ3n) is 2.89. The molecule has 1 rings (SSSR count). The van der Waals surface area contributed by atoms with Crippen LogP contribution in [0.2, 0.25) is 0 Å². The number of rotatable bonds is 6. The molecule has 0 aliphatic heterocycles. The van der Waals surface area contributed by atoms with Crippen LogP contribution in [0.25, 0.3) is 0 Å². The third kappa shape index (κ3) is 6.35. The van der Waals surface area contributed by atoms with Crippen LogP contribution in [0.4, 0.5) is 0 Å². The van der Waals surface area contributed by atoms with Crippen molar-refractivity contribution in [2.24, 2.45) is 5.41 Å². The maximum Gasteiger partial charge on any atom is 0.230 e. The number of benzene rings is 1. The van der Waals surface area contributed by atoms with Crippen LogP contribution in [0.3, 0.4) is 0 Å². The Bertz CT molecular complexity index is 389. The molecule has 0 spiro atoms. The zero-order chi connectivity index (χ0) is 14.3. The summed E-state index contributed by atoms with van der Waals surface area (Å²) < 4.78 is 0. The summed E-state index contributed by atoms with van der Waals surface area (Å²) in [6.45, 7) is 6.36. The number of alkyl halides is 1. The van der Waals surface area contributed by atoms with Gasteiger partial charge in [-0.05, 0) is 24.0 Å². The van der Waals surface area contributed by atoms with Gasteiger partial charge < -0.3 is 5.32 Å². The highest BCUT2D eigenvalue weighted by Gasteiger charge is 2.25. The van der Waals surface area contributed by atoms with Gasteiger partial charge in [-0.15, -0.1) is 23.4 Å². The van der Waals surface area contributed by atoms with Gasteiger partial charge >= 0.3 is 0 Å². The first-order chi connectivity index (χ1) is 8.93. The van der Waals surface area contributed by atoms with Gasteiger partial charge in [-0.2, -0.15) is 0 Å². The molecule has 0 heterocycles. The molecule has 0 bridgehead atoms. The largest absolute Gasteiger partial charge is 0.352 e. The quantitative estimate of drug-likeness (QED) is 0.637. The maximum atomic E-state index is 12.0. The van der Waals surface area contributed by atoms with Crippen LogP contribution < -0.4 is 5.32 Å². The van der Waals surface area contributed by atoms with E-state index in [1.54, 1.807) is 11.8 Å². The third-order valence-corrected chi connectivity index (χ3v) is 4.12. The minimum Gasteiger partial charge on any atom is -0.352 e. The van der Waals surface area contributed by atoms with E-state index in [9.17, 15) is 4.79 Å². The molecule has 0 aromatic heterocycles. The van der Waals surface area contributed by atoms with Crippen LogP contribution in [-0.2, 0) is 4.79 Å². The number of thioether (sulfide) groups is 1. The molecule has 0 radical (unpaired) electrons. The fraction of sp³-hybridized carbons (Fsp3) is 0.533. The van der Waals surface area contributed by atoms with Gasteiger partial charge in [-0.1, -0.05) is 39.0 Å². The fourth-order valence-corrected chi connectivity index (χ4v) is 2.68. The molecular weight excluding hydrogens is 278 g/mol. The summed E-state index contributed by atoms with van der Waals surface area (Å²) in [6.07, 6.45) is 0.798. The van der Waals surface area contributed by atoms with E-state index in [-0.39, 0.29) is 17.4 Å². The number of carbonyl (C=O) groups excluding carboxylic acids is 1. The van der Waals surface area contributed by atoms with Crippen molar-refractivity contribution >= 4 is 29.3 Å². The average Bonchev–Trinajstić information content (AvgIpc) is 2.36. The van der Waals surface area contributed by atoms with Crippen LogP contribution in [-0.4, -0.2) is 23.6 Å². The Morgan fingerprint density at radius 1 is 1.32 bits per heavy atom. The topological polar surface area (TPSA) is 29.1 Å². The summed E-state index contributed by atoms with van der Waals surface area (Å²) in [5, 5.41) is 3.08. The molecule has 1 aromatic rings. The minimum absolute atomic E-state index is 0.0297. The summed E-state index contributed by atoms with van der Waals surface area (Å²) in [7, 11) is 0. The highest BCUT2D eigenvalue weighted by atomic mass is 35.5. The van der Waals surface area contributed by atoms with Crippen molar-refractivity contribution in [1.29, 1.82) is 0 Å². The molecule has 1 aromatic carbocycles. The number of hydrogen-bond donors (Lipinski definition) is 1. The average molecular weight is 300 g/mol. The summed E-state index contributed by atoms with van der Waals surface area (Å²) in [4.78, 5) is 13.1. The number of nitrogens with one attached hydrogen (secondary N) is 1. The summed E-state index contributed by atoms with van der Waals surface area (Å²) in [5.74, 6) is 1.08. The molecular formula is C15H22ClNOS. The van der Waals surface area contributed by atoms with Crippen molar-refractivity contribution in [3.8, 4) is 0 Å². The first-order valence-corrected chi connectivity index (χ1v) is 7.98. The Labute approximate surface area is 125 Å². The molecule has 19 heavy (non-hydrogen) atoms. The van der Waals surface area contributed by atoms with E-state index in [0.717, 1.165) is 11.3 Å². The van der Waals surface area contributed by atoms with E-state index >= 15 is 0 Å². The smallest absolute Gasteiger partial charge is 0.230 e. The van der Waals surface area contributed by atoms with Gasteiger partial charge in [0.2, 0.25) is 5.91 Å². The van der Waals surface area contributed by atoms with Gasteiger partial charge in [-0.3, -0.25) is 4.79 Å². The molecule has 1 atom stereocenters. The van der Waals surface area contributed by atoms with Gasteiger partial charge in [0, 0.05) is 16.8 Å². The van der Waals surface area contributed by atoms with E-state index in [0.29, 0.717) is 11.6 Å². The number of halogens is 1. The molecule has 0 saturated heterocycles. The van der Waals surface area contributed by atoms with Gasteiger partial charge in [0.1, 0.15) is 0 Å². The lowest BCUT2D eigenvalue weighted by Crippen LogP contribution is -2.44. The van der Waals surface area contributed by atoms with Crippen molar-refractivity contribution in [2.75, 3.05) is 11.6 Å². The molecule has 0 fully saturated rings. The van der Waals surface area contributed by atoms with Crippen molar-refractivity contribution < 1.29 is 4.79 Å². The molecule has 0 saturated carbocycles. The van der Waals surface area contributed by atoms with E-state index in [2.05, 4.69) is 26.1 Å². The molecule has 0 aliphatic carbocycles.